The quantitative estimate of drug-likeness (QED) is 0.387. The molecule has 0 saturated heterocycles. The first-order chi connectivity index (χ1) is 12.7. The fourth-order valence-corrected chi connectivity index (χ4v) is 3.19. The fourth-order valence-electron chi connectivity index (χ4n) is 2.69. The summed E-state index contributed by atoms with van der Waals surface area (Å²) in [7, 11) is 0. The average Bonchev–Trinajstić information content (AvgIpc) is 3.16. The molecule has 0 atom stereocenters. The van der Waals surface area contributed by atoms with E-state index in [1.54, 1.807) is 16.1 Å². The molecule has 4 rings (SSSR count). The summed E-state index contributed by atoms with van der Waals surface area (Å²) in [6, 6.07) is 18.7. The fraction of sp³-hybridized carbons (Fsp3) is 0. The van der Waals surface area contributed by atoms with Gasteiger partial charge < -0.3 is 10.2 Å². The van der Waals surface area contributed by atoms with Crippen LogP contribution < -0.4 is 9.66 Å². The predicted molar refractivity (Wildman–Crippen MR) is 105 cm³/mol. The highest BCUT2D eigenvalue weighted by Crippen LogP contribution is 2.35. The first kappa shape index (κ1) is 16.3. The third-order valence-corrected chi connectivity index (χ3v) is 4.63. The van der Waals surface area contributed by atoms with E-state index >= 15 is 0 Å². The maximum atomic E-state index is 10.9. The molecule has 0 unspecified atom stereocenters. The van der Waals surface area contributed by atoms with Gasteiger partial charge in [-0.1, -0.05) is 18.2 Å². The maximum Gasteiger partial charge on any atom is 0.222 e. The molecular weight excluding hydrogens is 396 g/mol. The zero-order valence-electron chi connectivity index (χ0n) is 13.5. The van der Waals surface area contributed by atoms with E-state index in [0.717, 1.165) is 16.6 Å². The van der Waals surface area contributed by atoms with Crippen LogP contribution in [0.5, 0.6) is 0 Å². The minimum Gasteiger partial charge on any atom is -0.453 e. The number of rotatable bonds is 4. The van der Waals surface area contributed by atoms with Gasteiger partial charge in [-0.05, 0) is 42.5 Å². The van der Waals surface area contributed by atoms with Gasteiger partial charge in [0.15, 0.2) is 17.9 Å². The summed E-state index contributed by atoms with van der Waals surface area (Å²) in [5, 5.41) is 0.793. The summed E-state index contributed by atoms with van der Waals surface area (Å²) in [6.07, 6.45) is 0.676. The van der Waals surface area contributed by atoms with Crippen LogP contribution in [-0.2, 0) is 0 Å². The van der Waals surface area contributed by atoms with Crippen molar-refractivity contribution in [1.29, 1.82) is 0 Å². The lowest BCUT2D eigenvalue weighted by atomic mass is 10.1. The monoisotopic (exact) mass is 408 g/mol. The van der Waals surface area contributed by atoms with Crippen LogP contribution in [0.3, 0.4) is 0 Å². The Morgan fingerprint density at radius 1 is 1.04 bits per heavy atom. The molecule has 7 heteroatoms. The molecule has 0 saturated carbocycles. The molecule has 2 aromatic carbocycles. The highest BCUT2D eigenvalue weighted by molar-refractivity contribution is 9.10. The van der Waals surface area contributed by atoms with Crippen LogP contribution in [0.4, 0.5) is 17.5 Å². The number of furan rings is 1. The van der Waals surface area contributed by atoms with Crippen molar-refractivity contribution in [3.8, 4) is 11.3 Å². The normalized spacial score (nSPS) is 10.8. The number of benzene rings is 2. The van der Waals surface area contributed by atoms with Crippen molar-refractivity contribution < 1.29 is 9.21 Å². The van der Waals surface area contributed by atoms with E-state index in [4.69, 9.17) is 10.2 Å². The number of nitrogens with two attached hydrogens (primary N) is 1. The van der Waals surface area contributed by atoms with Gasteiger partial charge in [0, 0.05) is 10.9 Å². The zero-order chi connectivity index (χ0) is 18.1. The lowest BCUT2D eigenvalue weighted by Crippen LogP contribution is -2.07. The number of aromatic nitrogens is 2. The van der Waals surface area contributed by atoms with Gasteiger partial charge in [0.2, 0.25) is 5.95 Å². The molecule has 0 aliphatic heterocycles. The molecular formula is C19H13BrN4O2. The first-order valence-corrected chi connectivity index (χ1v) is 8.50. The van der Waals surface area contributed by atoms with Crippen molar-refractivity contribution in [2.75, 3.05) is 9.66 Å². The van der Waals surface area contributed by atoms with Crippen LogP contribution in [0.25, 0.3) is 22.2 Å². The SMILES string of the molecule is Nc1nc(N(Br)c2ccccc2)c2cc(-c3ccc(C=O)o3)ccc2n1. The number of nitrogens with zero attached hydrogens (tertiary/aromatic N) is 3. The molecule has 0 aliphatic carbocycles. The number of para-hydroxylation sites is 1. The van der Waals surface area contributed by atoms with Crippen molar-refractivity contribution in [3.05, 3.63) is 66.4 Å². The zero-order valence-corrected chi connectivity index (χ0v) is 15.1. The van der Waals surface area contributed by atoms with E-state index in [1.165, 1.54) is 0 Å². The molecule has 0 bridgehead atoms. The van der Waals surface area contributed by atoms with Gasteiger partial charge >= 0.3 is 0 Å². The Balaban J connectivity index is 1.88. The van der Waals surface area contributed by atoms with E-state index in [9.17, 15) is 4.79 Å². The molecule has 4 aromatic rings. The Bertz CT molecular complexity index is 1100. The number of nitrogen functional groups attached to an aromatic ring is 1. The molecule has 0 radical (unpaired) electrons. The number of halogens is 1. The van der Waals surface area contributed by atoms with E-state index < -0.39 is 0 Å². The van der Waals surface area contributed by atoms with Crippen molar-refractivity contribution in [2.24, 2.45) is 0 Å². The van der Waals surface area contributed by atoms with Crippen LogP contribution in [-0.4, -0.2) is 16.3 Å². The lowest BCUT2D eigenvalue weighted by molar-refractivity contribution is 0.110. The second-order valence-electron chi connectivity index (χ2n) is 5.57. The Morgan fingerprint density at radius 2 is 1.85 bits per heavy atom. The average molecular weight is 409 g/mol. The molecule has 0 spiro atoms. The van der Waals surface area contributed by atoms with E-state index in [1.807, 2.05) is 48.5 Å². The molecule has 2 N–H and O–H groups in total. The summed E-state index contributed by atoms with van der Waals surface area (Å²) in [5.41, 5.74) is 8.31. The summed E-state index contributed by atoms with van der Waals surface area (Å²) in [4.78, 5) is 19.6. The lowest BCUT2D eigenvalue weighted by Gasteiger charge is -2.18. The van der Waals surface area contributed by atoms with E-state index in [0.29, 0.717) is 23.4 Å². The van der Waals surface area contributed by atoms with Crippen LogP contribution in [0.2, 0.25) is 0 Å². The van der Waals surface area contributed by atoms with Gasteiger partial charge in [-0.3, -0.25) is 8.72 Å². The highest BCUT2D eigenvalue weighted by atomic mass is 79.9. The van der Waals surface area contributed by atoms with Crippen LogP contribution in [0.15, 0.2) is 65.1 Å². The minimum absolute atomic E-state index is 0.182. The number of hydrogen-bond acceptors (Lipinski definition) is 6. The number of carbonyl (C=O) groups is 1. The molecule has 0 aliphatic rings. The number of anilines is 3. The molecule has 2 aromatic heterocycles. The largest absolute Gasteiger partial charge is 0.453 e. The standard InChI is InChI=1S/C19H13BrN4O2/c20-24(13-4-2-1-3-5-13)18-15-10-12(17-9-7-14(11-25)26-17)6-8-16(15)22-19(21)23-18/h1-11H,(H2,21,22,23). The molecule has 2 heterocycles. The molecule has 0 amide bonds. The van der Waals surface area contributed by atoms with E-state index in [-0.39, 0.29) is 11.7 Å². The van der Waals surface area contributed by atoms with Gasteiger partial charge in [-0.25, -0.2) is 4.98 Å². The topological polar surface area (TPSA) is 85.2 Å². The first-order valence-electron chi connectivity index (χ1n) is 7.79. The Morgan fingerprint density at radius 3 is 2.58 bits per heavy atom. The molecule has 26 heavy (non-hydrogen) atoms. The van der Waals surface area contributed by atoms with Gasteiger partial charge in [0.25, 0.3) is 0 Å². The van der Waals surface area contributed by atoms with Gasteiger partial charge in [0.1, 0.15) is 5.76 Å². The Labute approximate surface area is 157 Å². The van der Waals surface area contributed by atoms with Crippen LogP contribution >= 0.6 is 16.1 Å². The molecule has 128 valence electrons. The summed E-state index contributed by atoms with van der Waals surface area (Å²) in [5.74, 6) is 1.67. The maximum absolute atomic E-state index is 10.9. The van der Waals surface area contributed by atoms with Gasteiger partial charge in [-0.15, -0.1) is 0 Å². The molecule has 6 nitrogen and oxygen atoms in total. The number of aldehydes is 1. The van der Waals surface area contributed by atoms with Crippen molar-refractivity contribution in [1.82, 2.24) is 9.97 Å². The smallest absolute Gasteiger partial charge is 0.222 e. The van der Waals surface area contributed by atoms with Crippen LogP contribution in [0, 0.1) is 0 Å². The van der Waals surface area contributed by atoms with Crippen molar-refractivity contribution >= 4 is 50.8 Å². The van der Waals surface area contributed by atoms with Crippen molar-refractivity contribution in [3.63, 3.8) is 0 Å². The number of hydrogen-bond donors (Lipinski definition) is 1. The third-order valence-electron chi connectivity index (χ3n) is 3.89. The summed E-state index contributed by atoms with van der Waals surface area (Å²) < 4.78 is 7.29. The summed E-state index contributed by atoms with van der Waals surface area (Å²) >= 11 is 3.56. The predicted octanol–water partition coefficient (Wildman–Crippen LogP) is 4.73. The Kier molecular flexibility index (Phi) is 4.14. The van der Waals surface area contributed by atoms with Crippen LogP contribution in [0.1, 0.15) is 10.6 Å². The number of fused-ring (bicyclic) bond motifs is 1. The second-order valence-corrected chi connectivity index (χ2v) is 6.28. The highest BCUT2D eigenvalue weighted by Gasteiger charge is 2.15. The minimum atomic E-state index is 0.182. The molecule has 0 fully saturated rings. The second kappa shape index (κ2) is 6.61. The Hall–Kier alpha value is -3.19. The van der Waals surface area contributed by atoms with Crippen molar-refractivity contribution in [2.45, 2.75) is 0 Å². The van der Waals surface area contributed by atoms with Gasteiger partial charge in [0.05, 0.1) is 27.4 Å². The van der Waals surface area contributed by atoms with E-state index in [2.05, 4.69) is 26.1 Å². The van der Waals surface area contributed by atoms with Gasteiger partial charge in [-0.2, -0.15) is 4.98 Å². The number of carbonyl (C=O) groups excluding carboxylic acids is 1. The summed E-state index contributed by atoms with van der Waals surface area (Å²) in [6.45, 7) is 0. The third kappa shape index (κ3) is 2.93.